The fourth-order valence-corrected chi connectivity index (χ4v) is 6.02. The Morgan fingerprint density at radius 1 is 0.868 bits per heavy atom. The van der Waals surface area contributed by atoms with Crippen molar-refractivity contribution >= 4 is 25.1 Å². The highest BCUT2D eigenvalue weighted by molar-refractivity contribution is 7.58. The third-order valence-corrected chi connectivity index (χ3v) is 8.19. The summed E-state index contributed by atoms with van der Waals surface area (Å²) in [7, 11) is -4.12. The zero-order valence-electron chi connectivity index (χ0n) is 22.4. The molecule has 0 radical (unpaired) electrons. The number of benzene rings is 3. The summed E-state index contributed by atoms with van der Waals surface area (Å²) in [4.78, 5) is 37.4. The van der Waals surface area contributed by atoms with Crippen molar-refractivity contribution in [3.05, 3.63) is 102 Å². The van der Waals surface area contributed by atoms with Crippen LogP contribution in [0.5, 0.6) is 0 Å². The molecule has 202 valence electrons. The molecule has 0 aliphatic carbocycles. The first-order valence-corrected chi connectivity index (χ1v) is 14.6. The van der Waals surface area contributed by atoms with E-state index in [1.807, 2.05) is 79.7 Å². The zero-order valence-corrected chi connectivity index (χ0v) is 23.3. The summed E-state index contributed by atoms with van der Waals surface area (Å²) in [6, 6.07) is 25.9. The Hall–Kier alpha value is -3.41. The van der Waals surface area contributed by atoms with Crippen LogP contribution in [-0.4, -0.2) is 34.4 Å². The first kappa shape index (κ1) is 29.2. The lowest BCUT2D eigenvalue weighted by molar-refractivity contribution is -0.119. The maximum absolute atomic E-state index is 13.9. The lowest BCUT2D eigenvalue weighted by Crippen LogP contribution is -2.41. The van der Waals surface area contributed by atoms with E-state index >= 15 is 0 Å². The number of carbonyl (C=O) groups is 2. The Bertz CT molecular complexity index is 1240. The second kappa shape index (κ2) is 12.9. The van der Waals surface area contributed by atoms with Crippen LogP contribution in [0.1, 0.15) is 37.5 Å². The van der Waals surface area contributed by atoms with E-state index in [1.165, 1.54) is 0 Å². The van der Waals surface area contributed by atoms with E-state index in [1.54, 1.807) is 32.9 Å². The minimum absolute atomic E-state index is 0.117. The molecule has 3 atom stereocenters. The maximum atomic E-state index is 13.9. The second-order valence-corrected chi connectivity index (χ2v) is 13.0. The van der Waals surface area contributed by atoms with Gasteiger partial charge in [0.2, 0.25) is 13.3 Å². The molecular formula is C30H37N2O5P. The van der Waals surface area contributed by atoms with Crippen molar-refractivity contribution in [2.45, 2.75) is 51.9 Å². The fourth-order valence-electron chi connectivity index (χ4n) is 4.04. The molecular weight excluding hydrogens is 499 g/mol. The number of ether oxygens (including phenoxy) is 1. The normalized spacial score (nSPS) is 14.6. The molecule has 0 aromatic heterocycles. The highest BCUT2D eigenvalue weighted by Crippen LogP contribution is 2.48. The van der Waals surface area contributed by atoms with Crippen molar-refractivity contribution < 1.29 is 23.8 Å². The molecule has 3 N–H and O–H groups in total. The molecule has 0 heterocycles. The van der Waals surface area contributed by atoms with Crippen LogP contribution in [0.15, 0.2) is 84.9 Å². The van der Waals surface area contributed by atoms with Crippen LogP contribution in [-0.2, 0) is 26.9 Å². The molecule has 3 rings (SSSR count). The Kier molecular flexibility index (Phi) is 9.90. The van der Waals surface area contributed by atoms with Gasteiger partial charge in [-0.05, 0) is 57.4 Å². The van der Waals surface area contributed by atoms with E-state index in [2.05, 4.69) is 10.6 Å². The van der Waals surface area contributed by atoms with Gasteiger partial charge in [-0.15, -0.1) is 0 Å². The summed E-state index contributed by atoms with van der Waals surface area (Å²) in [6.45, 7) is 7.13. The second-order valence-electron chi connectivity index (χ2n) is 10.5. The van der Waals surface area contributed by atoms with Crippen molar-refractivity contribution in [3.63, 3.8) is 0 Å². The Morgan fingerprint density at radius 3 is 1.92 bits per heavy atom. The van der Waals surface area contributed by atoms with Crippen molar-refractivity contribution in [2.24, 2.45) is 5.92 Å². The van der Waals surface area contributed by atoms with Crippen molar-refractivity contribution in [1.29, 1.82) is 0 Å². The van der Waals surface area contributed by atoms with Gasteiger partial charge in [0.05, 0.1) is 5.92 Å². The number of anilines is 1. The van der Waals surface area contributed by atoms with E-state index in [4.69, 9.17) is 4.74 Å². The number of nitrogens with one attached hydrogen (secondary N) is 2. The van der Waals surface area contributed by atoms with E-state index in [0.29, 0.717) is 5.69 Å². The van der Waals surface area contributed by atoms with Gasteiger partial charge in [-0.2, -0.15) is 0 Å². The summed E-state index contributed by atoms with van der Waals surface area (Å²) in [5.74, 6) is -2.30. The van der Waals surface area contributed by atoms with E-state index < -0.39 is 30.8 Å². The molecule has 2 amide bonds. The predicted molar refractivity (Wildman–Crippen MR) is 151 cm³/mol. The van der Waals surface area contributed by atoms with Crippen LogP contribution in [0.25, 0.3) is 0 Å². The molecule has 0 aliphatic heterocycles. The molecule has 3 unspecified atom stereocenters. The van der Waals surface area contributed by atoms with Gasteiger partial charge in [-0.3, -0.25) is 9.36 Å². The van der Waals surface area contributed by atoms with E-state index in [9.17, 15) is 19.0 Å². The van der Waals surface area contributed by atoms with Gasteiger partial charge in [-0.1, -0.05) is 78.4 Å². The monoisotopic (exact) mass is 536 g/mol. The fraction of sp³-hybridized carbons (Fsp3) is 0.333. The van der Waals surface area contributed by atoms with Gasteiger partial charge in [0.25, 0.3) is 0 Å². The lowest BCUT2D eigenvalue weighted by atomic mass is 10.00. The molecule has 0 saturated heterocycles. The zero-order chi connectivity index (χ0) is 27.8. The first-order valence-electron chi connectivity index (χ1n) is 12.7. The molecule has 3 aromatic carbocycles. The van der Waals surface area contributed by atoms with Crippen molar-refractivity contribution in [3.8, 4) is 0 Å². The smallest absolute Gasteiger partial charge is 0.408 e. The molecule has 0 saturated carbocycles. The number of amides is 2. The quantitative estimate of drug-likeness (QED) is 0.269. The van der Waals surface area contributed by atoms with Crippen LogP contribution in [0.4, 0.5) is 10.5 Å². The standard InChI is InChI=1S/C30H37N2O5P/c1-22-15-17-26(18-16-22)31-28(33)25(19-23-11-7-5-8-12-23)21-38(35,36)27(20-24-13-9-6-10-14-24)32-29(34)37-30(2,3)4/h5-18,25,27H,19-21H2,1-4H3,(H,31,33)(H,32,34)(H,35,36). The largest absolute Gasteiger partial charge is 0.444 e. The molecule has 0 spiro atoms. The van der Waals surface area contributed by atoms with Crippen LogP contribution in [0, 0.1) is 12.8 Å². The van der Waals surface area contributed by atoms with Gasteiger partial charge >= 0.3 is 6.09 Å². The number of hydrogen-bond donors (Lipinski definition) is 3. The average Bonchev–Trinajstić information content (AvgIpc) is 2.84. The topological polar surface area (TPSA) is 105 Å². The highest BCUT2D eigenvalue weighted by Gasteiger charge is 2.38. The molecule has 8 heteroatoms. The van der Waals surface area contributed by atoms with Gasteiger partial charge in [0.1, 0.15) is 11.4 Å². The highest BCUT2D eigenvalue weighted by atomic mass is 31.2. The molecule has 0 aliphatic rings. The molecule has 38 heavy (non-hydrogen) atoms. The minimum Gasteiger partial charge on any atom is -0.444 e. The Balaban J connectivity index is 1.87. The van der Waals surface area contributed by atoms with Gasteiger partial charge in [0, 0.05) is 18.3 Å². The van der Waals surface area contributed by atoms with E-state index in [-0.39, 0.29) is 24.9 Å². The first-order chi connectivity index (χ1) is 17.9. The molecule has 0 fully saturated rings. The number of alkyl carbamates (subject to hydrolysis) is 1. The van der Waals surface area contributed by atoms with Gasteiger partial charge < -0.3 is 20.3 Å². The van der Waals surface area contributed by atoms with Crippen LogP contribution < -0.4 is 10.6 Å². The SMILES string of the molecule is Cc1ccc(NC(=O)C(Cc2ccccc2)CP(=O)(O)C(Cc2ccccc2)NC(=O)OC(C)(C)C)cc1. The minimum atomic E-state index is -4.12. The number of hydrogen-bond acceptors (Lipinski definition) is 4. The third-order valence-electron chi connectivity index (χ3n) is 5.94. The number of aryl methyl sites for hydroxylation is 1. The molecule has 3 aromatic rings. The summed E-state index contributed by atoms with van der Waals surface area (Å²) in [5, 5.41) is 5.51. The van der Waals surface area contributed by atoms with Crippen molar-refractivity contribution in [1.82, 2.24) is 5.32 Å². The van der Waals surface area contributed by atoms with Crippen LogP contribution in [0.2, 0.25) is 0 Å². The van der Waals surface area contributed by atoms with Crippen molar-refractivity contribution in [2.75, 3.05) is 11.5 Å². The molecule has 0 bridgehead atoms. The Labute approximate surface area is 225 Å². The summed E-state index contributed by atoms with van der Waals surface area (Å²) >= 11 is 0. The Morgan fingerprint density at radius 2 is 1.39 bits per heavy atom. The predicted octanol–water partition coefficient (Wildman–Crippen LogP) is 6.16. The summed E-state index contributed by atoms with van der Waals surface area (Å²) < 4.78 is 19.3. The molecule has 7 nitrogen and oxygen atoms in total. The number of carbonyl (C=O) groups excluding carboxylic acids is 2. The van der Waals surface area contributed by atoms with Gasteiger partial charge in [-0.25, -0.2) is 4.79 Å². The van der Waals surface area contributed by atoms with Gasteiger partial charge in [0.15, 0.2) is 0 Å². The van der Waals surface area contributed by atoms with E-state index in [0.717, 1.165) is 16.7 Å². The lowest BCUT2D eigenvalue weighted by Gasteiger charge is -2.29. The average molecular weight is 537 g/mol. The summed E-state index contributed by atoms with van der Waals surface area (Å²) in [6.07, 6.45) is -0.706. The van der Waals surface area contributed by atoms with Crippen LogP contribution in [0.3, 0.4) is 0 Å². The third kappa shape index (κ3) is 9.47. The van der Waals surface area contributed by atoms with Crippen LogP contribution >= 0.6 is 7.37 Å². The number of rotatable bonds is 10. The summed E-state index contributed by atoms with van der Waals surface area (Å²) in [5.41, 5.74) is 2.55. The maximum Gasteiger partial charge on any atom is 0.408 e.